The minimum absolute atomic E-state index is 0.0351. The number of rotatable bonds is 3. The van der Waals surface area contributed by atoms with E-state index in [9.17, 15) is 4.79 Å². The Bertz CT molecular complexity index is 853. The van der Waals surface area contributed by atoms with E-state index in [1.165, 1.54) is 0 Å². The van der Waals surface area contributed by atoms with Crippen LogP contribution in [-0.4, -0.2) is 55.2 Å². The third kappa shape index (κ3) is 3.24. The number of hydrogen-bond acceptors (Lipinski definition) is 6. The molecular weight excluding hydrogens is 320 g/mol. The molecule has 0 spiro atoms. The SMILES string of the molecule is O=C(c1cccc(-n2cnnc2)c1)N1CCOC(c2cnccn2)C1. The van der Waals surface area contributed by atoms with Crippen molar-refractivity contribution in [3.8, 4) is 5.69 Å². The van der Waals surface area contributed by atoms with E-state index in [-0.39, 0.29) is 12.0 Å². The van der Waals surface area contributed by atoms with E-state index in [0.29, 0.717) is 25.3 Å². The van der Waals surface area contributed by atoms with Crippen molar-refractivity contribution in [3.05, 3.63) is 66.8 Å². The van der Waals surface area contributed by atoms with Gasteiger partial charge in [-0.15, -0.1) is 10.2 Å². The van der Waals surface area contributed by atoms with Crippen LogP contribution in [-0.2, 0) is 4.74 Å². The van der Waals surface area contributed by atoms with Crippen molar-refractivity contribution in [1.82, 2.24) is 29.6 Å². The number of ether oxygens (including phenoxy) is 1. The molecule has 3 heterocycles. The summed E-state index contributed by atoms with van der Waals surface area (Å²) in [4.78, 5) is 23.0. The molecule has 0 bridgehead atoms. The Hall–Kier alpha value is -3.13. The highest BCUT2D eigenvalue weighted by Gasteiger charge is 2.27. The Labute approximate surface area is 144 Å². The molecular formula is C17H16N6O2. The molecule has 1 aliphatic rings. The maximum atomic E-state index is 12.9. The number of carbonyl (C=O) groups is 1. The van der Waals surface area contributed by atoms with Gasteiger partial charge in [0, 0.05) is 30.2 Å². The van der Waals surface area contributed by atoms with Gasteiger partial charge in [0.2, 0.25) is 0 Å². The van der Waals surface area contributed by atoms with Crippen molar-refractivity contribution in [1.29, 1.82) is 0 Å². The number of aromatic nitrogens is 5. The fraction of sp³-hybridized carbons (Fsp3) is 0.235. The molecule has 1 atom stereocenters. The Morgan fingerprint density at radius 3 is 2.88 bits per heavy atom. The van der Waals surface area contributed by atoms with Gasteiger partial charge in [-0.3, -0.25) is 19.3 Å². The first-order valence-electron chi connectivity index (χ1n) is 7.93. The van der Waals surface area contributed by atoms with Crippen molar-refractivity contribution in [2.75, 3.05) is 19.7 Å². The predicted octanol–water partition coefficient (Wildman–Crippen LogP) is 1.27. The van der Waals surface area contributed by atoms with Crippen LogP contribution in [0.25, 0.3) is 5.69 Å². The van der Waals surface area contributed by atoms with E-state index >= 15 is 0 Å². The number of morpholine rings is 1. The summed E-state index contributed by atoms with van der Waals surface area (Å²) in [5, 5.41) is 7.59. The highest BCUT2D eigenvalue weighted by molar-refractivity contribution is 5.94. The average Bonchev–Trinajstić information content (AvgIpc) is 3.23. The Morgan fingerprint density at radius 1 is 1.20 bits per heavy atom. The van der Waals surface area contributed by atoms with Crippen LogP contribution in [0.2, 0.25) is 0 Å². The molecule has 1 unspecified atom stereocenters. The molecule has 1 amide bonds. The number of benzene rings is 1. The van der Waals surface area contributed by atoms with Gasteiger partial charge in [-0.2, -0.15) is 0 Å². The molecule has 25 heavy (non-hydrogen) atoms. The van der Waals surface area contributed by atoms with Gasteiger partial charge < -0.3 is 9.64 Å². The van der Waals surface area contributed by atoms with Crippen molar-refractivity contribution >= 4 is 5.91 Å². The summed E-state index contributed by atoms with van der Waals surface area (Å²) >= 11 is 0. The smallest absolute Gasteiger partial charge is 0.254 e. The summed E-state index contributed by atoms with van der Waals surface area (Å²) in [6, 6.07) is 7.40. The second-order valence-electron chi connectivity index (χ2n) is 5.66. The summed E-state index contributed by atoms with van der Waals surface area (Å²) in [5.41, 5.74) is 2.19. The van der Waals surface area contributed by atoms with Crippen LogP contribution in [0.3, 0.4) is 0 Å². The quantitative estimate of drug-likeness (QED) is 0.716. The molecule has 3 aromatic rings. The molecule has 2 aromatic heterocycles. The molecule has 8 nitrogen and oxygen atoms in total. The second kappa shape index (κ2) is 6.78. The molecule has 1 aromatic carbocycles. The van der Waals surface area contributed by atoms with Crippen molar-refractivity contribution in [3.63, 3.8) is 0 Å². The first-order chi connectivity index (χ1) is 12.3. The monoisotopic (exact) mass is 336 g/mol. The van der Waals surface area contributed by atoms with E-state index in [2.05, 4.69) is 20.2 Å². The lowest BCUT2D eigenvalue weighted by Crippen LogP contribution is -2.42. The Kier molecular flexibility index (Phi) is 4.17. The lowest BCUT2D eigenvalue weighted by atomic mass is 10.1. The molecule has 0 saturated carbocycles. The molecule has 1 fully saturated rings. The van der Waals surface area contributed by atoms with Crippen LogP contribution in [0.15, 0.2) is 55.5 Å². The van der Waals surface area contributed by atoms with Crippen LogP contribution in [0, 0.1) is 0 Å². The number of amides is 1. The van der Waals surface area contributed by atoms with E-state index in [1.54, 1.807) is 40.7 Å². The van der Waals surface area contributed by atoms with E-state index in [1.807, 2.05) is 24.3 Å². The Morgan fingerprint density at radius 2 is 2.08 bits per heavy atom. The molecule has 4 rings (SSSR count). The summed E-state index contributed by atoms with van der Waals surface area (Å²) in [6.45, 7) is 1.47. The largest absolute Gasteiger partial charge is 0.368 e. The minimum Gasteiger partial charge on any atom is -0.368 e. The predicted molar refractivity (Wildman–Crippen MR) is 88.0 cm³/mol. The van der Waals surface area contributed by atoms with Gasteiger partial charge in [0.15, 0.2) is 0 Å². The van der Waals surface area contributed by atoms with Crippen LogP contribution in [0.5, 0.6) is 0 Å². The standard InChI is InChI=1S/C17H16N6O2/c24-17(13-2-1-3-14(8-13)23-11-20-21-12-23)22-6-7-25-16(10-22)15-9-18-4-5-19-15/h1-5,8-9,11-12,16H,6-7,10H2. The molecule has 0 N–H and O–H groups in total. The number of carbonyl (C=O) groups excluding carboxylic acids is 1. The first-order valence-corrected chi connectivity index (χ1v) is 7.93. The van der Waals surface area contributed by atoms with Crippen molar-refractivity contribution in [2.45, 2.75) is 6.10 Å². The summed E-state index contributed by atoms with van der Waals surface area (Å²) in [7, 11) is 0. The highest BCUT2D eigenvalue weighted by Crippen LogP contribution is 2.21. The maximum absolute atomic E-state index is 12.9. The van der Waals surface area contributed by atoms with Crippen LogP contribution in [0.1, 0.15) is 22.2 Å². The fourth-order valence-corrected chi connectivity index (χ4v) is 2.81. The van der Waals surface area contributed by atoms with Gasteiger partial charge in [0.25, 0.3) is 5.91 Å². The van der Waals surface area contributed by atoms with Gasteiger partial charge in [-0.25, -0.2) is 0 Å². The van der Waals surface area contributed by atoms with Crippen LogP contribution >= 0.6 is 0 Å². The zero-order valence-corrected chi connectivity index (χ0v) is 13.4. The van der Waals surface area contributed by atoms with Gasteiger partial charge in [-0.1, -0.05) is 6.07 Å². The second-order valence-corrected chi connectivity index (χ2v) is 5.66. The van der Waals surface area contributed by atoms with Crippen molar-refractivity contribution < 1.29 is 9.53 Å². The van der Waals surface area contributed by atoms with E-state index in [4.69, 9.17) is 4.74 Å². The summed E-state index contributed by atoms with van der Waals surface area (Å²) in [5.74, 6) is -0.0351. The number of hydrogen-bond donors (Lipinski definition) is 0. The third-order valence-electron chi connectivity index (χ3n) is 4.08. The zero-order valence-electron chi connectivity index (χ0n) is 13.4. The molecule has 1 aliphatic heterocycles. The van der Waals surface area contributed by atoms with Crippen LogP contribution in [0.4, 0.5) is 0 Å². The molecule has 0 radical (unpaired) electrons. The van der Waals surface area contributed by atoms with Gasteiger partial charge in [0.05, 0.1) is 25.0 Å². The molecule has 0 aliphatic carbocycles. The maximum Gasteiger partial charge on any atom is 0.254 e. The summed E-state index contributed by atoms with van der Waals surface area (Å²) in [6.07, 6.45) is 7.86. The van der Waals surface area contributed by atoms with Gasteiger partial charge in [0.1, 0.15) is 18.8 Å². The minimum atomic E-state index is -0.257. The third-order valence-corrected chi connectivity index (χ3v) is 4.08. The van der Waals surface area contributed by atoms with E-state index < -0.39 is 0 Å². The highest BCUT2D eigenvalue weighted by atomic mass is 16.5. The zero-order chi connectivity index (χ0) is 17.1. The molecule has 126 valence electrons. The van der Waals surface area contributed by atoms with E-state index in [0.717, 1.165) is 11.4 Å². The normalized spacial score (nSPS) is 17.4. The summed E-state index contributed by atoms with van der Waals surface area (Å²) < 4.78 is 7.51. The van der Waals surface area contributed by atoms with Gasteiger partial charge >= 0.3 is 0 Å². The van der Waals surface area contributed by atoms with Crippen molar-refractivity contribution in [2.24, 2.45) is 0 Å². The lowest BCUT2D eigenvalue weighted by molar-refractivity contribution is -0.0249. The first kappa shape index (κ1) is 15.4. The topological polar surface area (TPSA) is 86.0 Å². The lowest BCUT2D eigenvalue weighted by Gasteiger charge is -2.32. The number of nitrogens with zero attached hydrogens (tertiary/aromatic N) is 6. The average molecular weight is 336 g/mol. The van der Waals surface area contributed by atoms with Crippen LogP contribution < -0.4 is 0 Å². The fourth-order valence-electron chi connectivity index (χ4n) is 2.81. The Balaban J connectivity index is 1.53. The molecule has 1 saturated heterocycles. The van der Waals surface area contributed by atoms with Gasteiger partial charge in [-0.05, 0) is 18.2 Å². The molecule has 8 heteroatoms.